The molecule has 8 heteroatoms. The van der Waals surface area contributed by atoms with Crippen LogP contribution in [0.25, 0.3) is 20.8 Å². The number of nitrogens with one attached hydrogen (secondary N) is 1. The van der Waals surface area contributed by atoms with Crippen LogP contribution in [0.3, 0.4) is 0 Å². The van der Waals surface area contributed by atoms with Gasteiger partial charge in [0.25, 0.3) is 5.91 Å². The highest BCUT2D eigenvalue weighted by molar-refractivity contribution is 7.22. The van der Waals surface area contributed by atoms with Gasteiger partial charge in [-0.3, -0.25) is 4.79 Å². The van der Waals surface area contributed by atoms with Crippen molar-refractivity contribution in [2.75, 3.05) is 32.1 Å². The Bertz CT molecular complexity index is 1250. The van der Waals surface area contributed by atoms with Crippen LogP contribution in [0.4, 0.5) is 5.00 Å². The number of ether oxygens (including phenoxy) is 2. The molecule has 3 heterocycles. The highest BCUT2D eigenvalue weighted by Gasteiger charge is 2.26. The molecule has 1 aliphatic rings. The van der Waals surface area contributed by atoms with Crippen LogP contribution < -0.4 is 14.8 Å². The van der Waals surface area contributed by atoms with Crippen molar-refractivity contribution in [3.8, 4) is 22.1 Å². The number of thiazole rings is 1. The minimum absolute atomic E-state index is 0.0598. The summed E-state index contributed by atoms with van der Waals surface area (Å²) in [5.41, 5.74) is 3.36. The summed E-state index contributed by atoms with van der Waals surface area (Å²) in [5.74, 6) is 1.23. The third kappa shape index (κ3) is 4.73. The van der Waals surface area contributed by atoms with E-state index in [2.05, 4.69) is 23.3 Å². The molecule has 0 spiro atoms. The van der Waals surface area contributed by atoms with Crippen LogP contribution in [0, 0.1) is 0 Å². The lowest BCUT2D eigenvalue weighted by Crippen LogP contribution is -2.25. The summed E-state index contributed by atoms with van der Waals surface area (Å²) in [7, 11) is 2.13. The average molecular weight is 480 g/mol. The van der Waals surface area contributed by atoms with E-state index in [4.69, 9.17) is 14.5 Å². The molecular weight excluding hydrogens is 454 g/mol. The fourth-order valence-electron chi connectivity index (χ4n) is 3.94. The molecule has 2 aromatic carbocycles. The van der Waals surface area contributed by atoms with Crippen LogP contribution in [-0.2, 0) is 17.8 Å². The Balaban J connectivity index is 1.37. The predicted molar refractivity (Wildman–Crippen MR) is 135 cm³/mol. The maximum absolute atomic E-state index is 12.8. The molecule has 0 aliphatic carbocycles. The van der Waals surface area contributed by atoms with Gasteiger partial charge in [-0.2, -0.15) is 0 Å². The van der Waals surface area contributed by atoms with Gasteiger partial charge in [-0.15, -0.1) is 22.7 Å². The van der Waals surface area contributed by atoms with E-state index >= 15 is 0 Å². The van der Waals surface area contributed by atoms with Crippen molar-refractivity contribution in [3.63, 3.8) is 0 Å². The number of aromatic nitrogens is 1. The lowest BCUT2D eigenvalue weighted by molar-refractivity contribution is -0.118. The van der Waals surface area contributed by atoms with Crippen LogP contribution in [-0.4, -0.2) is 42.6 Å². The number of benzene rings is 2. The molecule has 0 unspecified atom stereocenters. The molecule has 0 saturated carbocycles. The molecule has 0 bridgehead atoms. The van der Waals surface area contributed by atoms with Crippen LogP contribution in [0.1, 0.15) is 17.4 Å². The third-order valence-corrected chi connectivity index (χ3v) is 7.70. The summed E-state index contributed by atoms with van der Waals surface area (Å²) >= 11 is 3.32. The average Bonchev–Trinajstić information content (AvgIpc) is 3.39. The monoisotopic (exact) mass is 479 g/mol. The van der Waals surface area contributed by atoms with Gasteiger partial charge in [0.05, 0.1) is 16.8 Å². The van der Waals surface area contributed by atoms with E-state index in [-0.39, 0.29) is 12.5 Å². The molecule has 1 N–H and O–H groups in total. The van der Waals surface area contributed by atoms with E-state index < -0.39 is 0 Å². The van der Waals surface area contributed by atoms with Crippen molar-refractivity contribution in [2.45, 2.75) is 19.9 Å². The molecule has 1 amide bonds. The number of hydrogen-bond acceptors (Lipinski definition) is 7. The fraction of sp³-hybridized carbons (Fsp3) is 0.280. The van der Waals surface area contributed by atoms with Crippen LogP contribution in [0.5, 0.6) is 11.5 Å². The SMILES string of the molecule is CCOc1ccc(OCC(=O)Nc2sc3c(c2-c2nc4ccccc4s2)CCN(C)C3)cc1. The quantitative estimate of drug-likeness (QED) is 0.383. The highest BCUT2D eigenvalue weighted by atomic mass is 32.1. The summed E-state index contributed by atoms with van der Waals surface area (Å²) in [6, 6.07) is 15.5. The zero-order chi connectivity index (χ0) is 22.8. The Labute approximate surface area is 200 Å². The Morgan fingerprint density at radius 2 is 1.85 bits per heavy atom. The molecule has 2 aromatic heterocycles. The second kappa shape index (κ2) is 9.51. The van der Waals surface area contributed by atoms with E-state index in [1.54, 1.807) is 22.7 Å². The Hall–Kier alpha value is -2.94. The van der Waals surface area contributed by atoms with Crippen molar-refractivity contribution in [2.24, 2.45) is 0 Å². The molecule has 0 saturated heterocycles. The minimum atomic E-state index is -0.182. The van der Waals surface area contributed by atoms with Crippen molar-refractivity contribution in [1.29, 1.82) is 0 Å². The third-order valence-electron chi connectivity index (χ3n) is 5.51. The number of para-hydroxylation sites is 1. The van der Waals surface area contributed by atoms with Crippen LogP contribution in [0.15, 0.2) is 48.5 Å². The first-order valence-corrected chi connectivity index (χ1v) is 12.6. The van der Waals surface area contributed by atoms with E-state index in [9.17, 15) is 4.79 Å². The Morgan fingerprint density at radius 3 is 2.61 bits per heavy atom. The van der Waals surface area contributed by atoms with Crippen molar-refractivity contribution >= 4 is 43.8 Å². The normalized spacial score (nSPS) is 13.6. The number of nitrogens with zero attached hydrogens (tertiary/aromatic N) is 2. The fourth-order valence-corrected chi connectivity index (χ4v) is 6.39. The standard InChI is InChI=1S/C25H25N3O3S2/c1-3-30-16-8-10-17(11-9-16)31-15-22(29)27-25-23(18-12-13-28(2)14-21(18)33-25)24-26-19-6-4-5-7-20(19)32-24/h4-11H,3,12-15H2,1-2H3,(H,27,29). The number of carbonyl (C=O) groups is 1. The zero-order valence-corrected chi connectivity index (χ0v) is 20.2. The van der Waals surface area contributed by atoms with Gasteiger partial charge >= 0.3 is 0 Å². The number of rotatable bonds is 7. The summed E-state index contributed by atoms with van der Waals surface area (Å²) in [6.07, 6.45) is 0.951. The largest absolute Gasteiger partial charge is 0.494 e. The van der Waals surface area contributed by atoms with Crippen molar-refractivity contribution in [3.05, 3.63) is 59.0 Å². The number of likely N-dealkylation sites (N-methyl/N-ethyl adjacent to an activating group) is 1. The Morgan fingerprint density at radius 1 is 1.09 bits per heavy atom. The number of carbonyl (C=O) groups excluding carboxylic acids is 1. The zero-order valence-electron chi connectivity index (χ0n) is 18.6. The van der Waals surface area contributed by atoms with E-state index in [0.717, 1.165) is 51.0 Å². The second-order valence-electron chi connectivity index (χ2n) is 7.92. The number of hydrogen-bond donors (Lipinski definition) is 1. The lowest BCUT2D eigenvalue weighted by atomic mass is 10.0. The van der Waals surface area contributed by atoms with E-state index in [0.29, 0.717) is 12.4 Å². The first kappa shape index (κ1) is 21.9. The van der Waals surface area contributed by atoms with Gasteiger partial charge in [-0.1, -0.05) is 12.1 Å². The maximum atomic E-state index is 12.8. The summed E-state index contributed by atoms with van der Waals surface area (Å²) in [6.45, 7) is 4.38. The first-order valence-electron chi connectivity index (χ1n) is 10.9. The van der Waals surface area contributed by atoms with Gasteiger partial charge in [-0.25, -0.2) is 4.98 Å². The highest BCUT2D eigenvalue weighted by Crippen LogP contribution is 2.45. The summed E-state index contributed by atoms with van der Waals surface area (Å²) in [5, 5.41) is 4.92. The Kier molecular flexibility index (Phi) is 6.30. The predicted octanol–water partition coefficient (Wildman–Crippen LogP) is 5.43. The number of fused-ring (bicyclic) bond motifs is 2. The van der Waals surface area contributed by atoms with E-state index in [1.165, 1.54) is 10.4 Å². The van der Waals surface area contributed by atoms with Gasteiger partial charge in [0.15, 0.2) is 6.61 Å². The molecule has 0 radical (unpaired) electrons. The van der Waals surface area contributed by atoms with Gasteiger partial charge < -0.3 is 19.7 Å². The molecule has 6 nitrogen and oxygen atoms in total. The van der Waals surface area contributed by atoms with Gasteiger partial charge in [-0.05, 0) is 62.4 Å². The summed E-state index contributed by atoms with van der Waals surface area (Å²) in [4.78, 5) is 21.3. The first-order chi connectivity index (χ1) is 16.1. The van der Waals surface area contributed by atoms with E-state index in [1.807, 2.05) is 49.4 Å². The lowest BCUT2D eigenvalue weighted by Gasteiger charge is -2.22. The van der Waals surface area contributed by atoms with Crippen molar-refractivity contribution < 1.29 is 14.3 Å². The van der Waals surface area contributed by atoms with Crippen LogP contribution in [0.2, 0.25) is 0 Å². The molecule has 0 fully saturated rings. The number of amides is 1. The molecule has 170 valence electrons. The molecular formula is C25H25N3O3S2. The van der Waals surface area contributed by atoms with Gasteiger partial charge in [0, 0.05) is 23.5 Å². The molecule has 4 aromatic rings. The molecule has 1 aliphatic heterocycles. The minimum Gasteiger partial charge on any atom is -0.494 e. The van der Waals surface area contributed by atoms with Crippen LogP contribution >= 0.6 is 22.7 Å². The topological polar surface area (TPSA) is 63.7 Å². The van der Waals surface area contributed by atoms with Crippen molar-refractivity contribution in [1.82, 2.24) is 9.88 Å². The number of thiophene rings is 1. The molecule has 33 heavy (non-hydrogen) atoms. The van der Waals surface area contributed by atoms with Gasteiger partial charge in [0.1, 0.15) is 21.5 Å². The second-order valence-corrected chi connectivity index (χ2v) is 10.1. The number of anilines is 1. The van der Waals surface area contributed by atoms with Gasteiger partial charge in [0.2, 0.25) is 0 Å². The smallest absolute Gasteiger partial charge is 0.262 e. The summed E-state index contributed by atoms with van der Waals surface area (Å²) < 4.78 is 12.3. The molecule has 0 atom stereocenters. The maximum Gasteiger partial charge on any atom is 0.262 e. The molecule has 5 rings (SSSR count).